The zero-order valence-electron chi connectivity index (χ0n) is 13.1. The minimum Gasteiger partial charge on any atom is -0.383 e. The van der Waals surface area contributed by atoms with Crippen molar-refractivity contribution in [3.8, 4) is 0 Å². The number of hydrogen-bond donors (Lipinski definition) is 1. The van der Waals surface area contributed by atoms with Crippen LogP contribution in [0.4, 0.5) is 0 Å². The van der Waals surface area contributed by atoms with Gasteiger partial charge in [0.25, 0.3) is 0 Å². The minimum atomic E-state index is 0.428. The molecule has 1 unspecified atom stereocenters. The summed E-state index contributed by atoms with van der Waals surface area (Å²) in [5.74, 6) is 0. The van der Waals surface area contributed by atoms with Crippen LogP contribution >= 0.6 is 0 Å². The SMILES string of the molecule is COCCN(C)CCNC(C)c1ccc2c(c1)CCC2. The molecule has 3 heteroatoms. The number of fused-ring (bicyclic) bond motifs is 1. The van der Waals surface area contributed by atoms with Gasteiger partial charge >= 0.3 is 0 Å². The summed E-state index contributed by atoms with van der Waals surface area (Å²) in [5.41, 5.74) is 4.54. The lowest BCUT2D eigenvalue weighted by molar-refractivity contribution is 0.161. The van der Waals surface area contributed by atoms with Gasteiger partial charge in [-0.15, -0.1) is 0 Å². The van der Waals surface area contributed by atoms with Crippen molar-refractivity contribution in [1.82, 2.24) is 10.2 Å². The lowest BCUT2D eigenvalue weighted by Gasteiger charge is -2.19. The monoisotopic (exact) mass is 276 g/mol. The summed E-state index contributed by atoms with van der Waals surface area (Å²) in [6.45, 7) is 6.12. The van der Waals surface area contributed by atoms with Crippen molar-refractivity contribution < 1.29 is 4.74 Å². The van der Waals surface area contributed by atoms with Gasteiger partial charge in [-0.2, -0.15) is 0 Å². The molecule has 1 aromatic carbocycles. The van der Waals surface area contributed by atoms with Gasteiger partial charge in [-0.25, -0.2) is 0 Å². The zero-order chi connectivity index (χ0) is 14.4. The van der Waals surface area contributed by atoms with Crippen LogP contribution in [0.2, 0.25) is 0 Å². The van der Waals surface area contributed by atoms with Crippen molar-refractivity contribution in [1.29, 1.82) is 0 Å². The second kappa shape index (κ2) is 7.77. The topological polar surface area (TPSA) is 24.5 Å². The van der Waals surface area contributed by atoms with E-state index in [4.69, 9.17) is 4.74 Å². The van der Waals surface area contributed by atoms with Gasteiger partial charge < -0.3 is 15.0 Å². The molecule has 0 amide bonds. The van der Waals surface area contributed by atoms with Gasteiger partial charge in [-0.1, -0.05) is 18.2 Å². The van der Waals surface area contributed by atoms with Crippen LogP contribution < -0.4 is 5.32 Å². The summed E-state index contributed by atoms with van der Waals surface area (Å²) >= 11 is 0. The van der Waals surface area contributed by atoms with E-state index in [1.807, 2.05) is 0 Å². The fraction of sp³-hybridized carbons (Fsp3) is 0.647. The van der Waals surface area contributed by atoms with Crippen molar-refractivity contribution in [3.63, 3.8) is 0 Å². The third-order valence-electron chi connectivity index (χ3n) is 4.24. The number of ether oxygens (including phenoxy) is 1. The van der Waals surface area contributed by atoms with Crippen molar-refractivity contribution in [2.24, 2.45) is 0 Å². The van der Waals surface area contributed by atoms with E-state index in [2.05, 4.69) is 42.4 Å². The second-order valence-electron chi connectivity index (χ2n) is 5.85. The maximum Gasteiger partial charge on any atom is 0.0589 e. The Balaban J connectivity index is 1.76. The molecule has 0 saturated heterocycles. The van der Waals surface area contributed by atoms with E-state index in [1.54, 1.807) is 18.2 Å². The molecular weight excluding hydrogens is 248 g/mol. The third-order valence-corrected chi connectivity index (χ3v) is 4.24. The average molecular weight is 276 g/mol. The number of nitrogens with one attached hydrogen (secondary N) is 1. The number of hydrogen-bond acceptors (Lipinski definition) is 3. The minimum absolute atomic E-state index is 0.428. The summed E-state index contributed by atoms with van der Waals surface area (Å²) in [6, 6.07) is 7.43. The molecule has 0 bridgehead atoms. The van der Waals surface area contributed by atoms with Crippen LogP contribution in [0.25, 0.3) is 0 Å². The van der Waals surface area contributed by atoms with E-state index in [0.717, 1.165) is 26.2 Å². The lowest BCUT2D eigenvalue weighted by atomic mass is 10.0. The Labute approximate surface area is 123 Å². The summed E-state index contributed by atoms with van der Waals surface area (Å²) in [5, 5.41) is 3.61. The molecule has 0 fully saturated rings. The summed E-state index contributed by atoms with van der Waals surface area (Å²) in [7, 11) is 3.89. The molecule has 0 heterocycles. The van der Waals surface area contributed by atoms with Gasteiger partial charge in [0.15, 0.2) is 0 Å². The van der Waals surface area contributed by atoms with Gasteiger partial charge in [0, 0.05) is 32.8 Å². The van der Waals surface area contributed by atoms with Gasteiger partial charge in [-0.3, -0.25) is 0 Å². The predicted molar refractivity (Wildman–Crippen MR) is 84.3 cm³/mol. The number of nitrogens with zero attached hydrogens (tertiary/aromatic N) is 1. The molecule has 0 radical (unpaired) electrons. The fourth-order valence-corrected chi connectivity index (χ4v) is 2.81. The van der Waals surface area contributed by atoms with E-state index in [9.17, 15) is 0 Å². The number of aryl methyl sites for hydroxylation is 2. The van der Waals surface area contributed by atoms with Crippen molar-refractivity contribution >= 4 is 0 Å². The molecular formula is C17H28N2O. The smallest absolute Gasteiger partial charge is 0.0589 e. The van der Waals surface area contributed by atoms with Crippen molar-refractivity contribution in [3.05, 3.63) is 34.9 Å². The summed E-state index contributed by atoms with van der Waals surface area (Å²) in [4.78, 5) is 2.30. The molecule has 112 valence electrons. The van der Waals surface area contributed by atoms with E-state index >= 15 is 0 Å². The molecule has 0 saturated carbocycles. The largest absolute Gasteiger partial charge is 0.383 e. The second-order valence-corrected chi connectivity index (χ2v) is 5.85. The van der Waals surface area contributed by atoms with Crippen LogP contribution in [0.1, 0.15) is 36.1 Å². The molecule has 20 heavy (non-hydrogen) atoms. The Hall–Kier alpha value is -0.900. The average Bonchev–Trinajstić information content (AvgIpc) is 2.92. The Morgan fingerprint density at radius 1 is 1.25 bits per heavy atom. The molecule has 0 aliphatic heterocycles. The van der Waals surface area contributed by atoms with Crippen molar-refractivity contribution in [2.45, 2.75) is 32.2 Å². The quantitative estimate of drug-likeness (QED) is 0.789. The van der Waals surface area contributed by atoms with Crippen LogP contribution in [0, 0.1) is 0 Å². The Bertz CT molecular complexity index is 419. The maximum atomic E-state index is 5.09. The van der Waals surface area contributed by atoms with Crippen LogP contribution in [-0.4, -0.2) is 45.3 Å². The molecule has 0 aromatic heterocycles. The van der Waals surface area contributed by atoms with E-state index in [-0.39, 0.29) is 0 Å². The molecule has 2 rings (SSSR count). The van der Waals surface area contributed by atoms with Crippen LogP contribution in [0.15, 0.2) is 18.2 Å². The van der Waals surface area contributed by atoms with Crippen LogP contribution in [-0.2, 0) is 17.6 Å². The highest BCUT2D eigenvalue weighted by Gasteiger charge is 2.13. The van der Waals surface area contributed by atoms with E-state index < -0.39 is 0 Å². The number of rotatable bonds is 8. The number of benzene rings is 1. The highest BCUT2D eigenvalue weighted by atomic mass is 16.5. The van der Waals surface area contributed by atoms with E-state index in [1.165, 1.54) is 24.8 Å². The van der Waals surface area contributed by atoms with Gasteiger partial charge in [-0.05, 0) is 49.9 Å². The first-order valence-electron chi connectivity index (χ1n) is 7.73. The lowest BCUT2D eigenvalue weighted by Crippen LogP contribution is -2.32. The maximum absolute atomic E-state index is 5.09. The molecule has 1 atom stereocenters. The van der Waals surface area contributed by atoms with Crippen LogP contribution in [0.5, 0.6) is 0 Å². The number of methoxy groups -OCH3 is 1. The standard InChI is InChI=1S/C17H28N2O/c1-14(18-9-10-19(2)11-12-20-3)16-8-7-15-5-4-6-17(15)13-16/h7-8,13-14,18H,4-6,9-12H2,1-3H3. The first-order chi connectivity index (χ1) is 9.70. The highest BCUT2D eigenvalue weighted by Crippen LogP contribution is 2.25. The molecule has 1 aromatic rings. The summed E-state index contributed by atoms with van der Waals surface area (Å²) < 4.78 is 5.09. The Morgan fingerprint density at radius 3 is 2.85 bits per heavy atom. The van der Waals surface area contributed by atoms with E-state index in [0.29, 0.717) is 6.04 Å². The van der Waals surface area contributed by atoms with Crippen molar-refractivity contribution in [2.75, 3.05) is 40.4 Å². The van der Waals surface area contributed by atoms with Crippen LogP contribution in [0.3, 0.4) is 0 Å². The summed E-state index contributed by atoms with van der Waals surface area (Å²) in [6.07, 6.45) is 3.85. The normalized spacial score (nSPS) is 15.6. The Morgan fingerprint density at radius 2 is 2.05 bits per heavy atom. The molecule has 1 aliphatic carbocycles. The first-order valence-corrected chi connectivity index (χ1v) is 7.73. The first kappa shape index (κ1) is 15.5. The van der Waals surface area contributed by atoms with Gasteiger partial charge in [0.1, 0.15) is 0 Å². The Kier molecular flexibility index (Phi) is 6.02. The molecule has 0 spiro atoms. The van der Waals surface area contributed by atoms with Gasteiger partial charge in [0.2, 0.25) is 0 Å². The predicted octanol–water partition coefficient (Wildman–Crippen LogP) is 2.40. The number of likely N-dealkylation sites (N-methyl/N-ethyl adjacent to an activating group) is 1. The zero-order valence-corrected chi connectivity index (χ0v) is 13.1. The van der Waals surface area contributed by atoms with Gasteiger partial charge in [0.05, 0.1) is 6.61 Å². The molecule has 3 nitrogen and oxygen atoms in total. The third kappa shape index (κ3) is 4.30. The molecule has 1 aliphatic rings. The fourth-order valence-electron chi connectivity index (χ4n) is 2.81. The highest BCUT2D eigenvalue weighted by molar-refractivity contribution is 5.36. The molecule has 1 N–H and O–H groups in total.